The minimum absolute atomic E-state index is 0.126. The van der Waals surface area contributed by atoms with Crippen molar-refractivity contribution in [3.63, 3.8) is 0 Å². The smallest absolute Gasteiger partial charge is 0.310 e. The molecule has 172 valence electrons. The van der Waals surface area contributed by atoms with Crippen molar-refractivity contribution >= 4 is 27.6 Å². The third kappa shape index (κ3) is 5.86. The maximum Gasteiger partial charge on any atom is 0.310 e. The summed E-state index contributed by atoms with van der Waals surface area (Å²) in [5.74, 6) is -0.397. The molecule has 2 aromatic carbocycles. The number of benzene rings is 2. The molecule has 0 unspecified atom stereocenters. The molecule has 0 spiro atoms. The summed E-state index contributed by atoms with van der Waals surface area (Å²) < 4.78 is 37.4. The van der Waals surface area contributed by atoms with Crippen molar-refractivity contribution < 1.29 is 27.5 Å². The maximum absolute atomic E-state index is 13.0. The number of amides is 1. The predicted octanol–water partition coefficient (Wildman–Crippen LogP) is 2.84. The molecule has 1 N–H and O–H groups in total. The number of esters is 1. The van der Waals surface area contributed by atoms with E-state index in [1.165, 1.54) is 23.5 Å². The van der Waals surface area contributed by atoms with E-state index in [1.807, 2.05) is 0 Å². The lowest BCUT2D eigenvalue weighted by Crippen LogP contribution is -2.43. The summed E-state index contributed by atoms with van der Waals surface area (Å²) in [6, 6.07) is 13.2. The number of carbonyl (C=O) groups excluding carboxylic acids is 2. The first-order valence-electron chi connectivity index (χ1n) is 10.5. The Morgan fingerprint density at radius 1 is 1.09 bits per heavy atom. The Morgan fingerprint density at radius 2 is 1.78 bits per heavy atom. The van der Waals surface area contributed by atoms with Gasteiger partial charge in [0.2, 0.25) is 15.9 Å². The Bertz CT molecular complexity index is 1040. The Balaban J connectivity index is 1.62. The second-order valence-electron chi connectivity index (χ2n) is 7.55. The monoisotopic (exact) mass is 460 g/mol. The minimum atomic E-state index is -3.69. The highest BCUT2D eigenvalue weighted by Crippen LogP contribution is 2.26. The number of ether oxygens (including phenoxy) is 2. The van der Waals surface area contributed by atoms with Crippen LogP contribution in [-0.2, 0) is 30.8 Å². The first kappa shape index (κ1) is 23.7. The number of nitrogens with one attached hydrogen (secondary N) is 1. The number of hydrogen-bond acceptors (Lipinski definition) is 6. The molecule has 0 bridgehead atoms. The number of hydrogen-bond donors (Lipinski definition) is 1. The van der Waals surface area contributed by atoms with Crippen LogP contribution in [0.2, 0.25) is 0 Å². The second kappa shape index (κ2) is 10.6. The number of methoxy groups -OCH3 is 1. The molecular weight excluding hydrogens is 432 g/mol. The molecule has 1 fully saturated rings. The van der Waals surface area contributed by atoms with Gasteiger partial charge in [-0.3, -0.25) is 9.59 Å². The van der Waals surface area contributed by atoms with E-state index in [2.05, 4.69) is 5.32 Å². The summed E-state index contributed by atoms with van der Waals surface area (Å²) in [5.41, 5.74) is 1.38. The van der Waals surface area contributed by atoms with Gasteiger partial charge in [-0.05, 0) is 61.7 Å². The zero-order valence-corrected chi connectivity index (χ0v) is 19.1. The Morgan fingerprint density at radius 3 is 2.41 bits per heavy atom. The Hall–Kier alpha value is -2.91. The third-order valence-electron chi connectivity index (χ3n) is 5.33. The second-order valence-corrected chi connectivity index (χ2v) is 9.48. The molecule has 2 aromatic rings. The van der Waals surface area contributed by atoms with E-state index in [0.29, 0.717) is 37.4 Å². The molecule has 1 amide bonds. The van der Waals surface area contributed by atoms with Crippen molar-refractivity contribution in [3.05, 3.63) is 54.1 Å². The van der Waals surface area contributed by atoms with Gasteiger partial charge in [-0.1, -0.05) is 12.1 Å². The largest absolute Gasteiger partial charge is 0.497 e. The SMILES string of the molecule is CCOC(=O)Cc1ccc(NC(=O)[C@@H]2CCCN(S(=O)(=O)c3ccc(OC)cc3)C2)cc1. The van der Waals surface area contributed by atoms with Gasteiger partial charge < -0.3 is 14.8 Å². The zero-order chi connectivity index (χ0) is 23.1. The summed E-state index contributed by atoms with van der Waals surface area (Å²) >= 11 is 0. The molecule has 1 aliphatic heterocycles. The summed E-state index contributed by atoms with van der Waals surface area (Å²) in [7, 11) is -2.18. The molecule has 1 heterocycles. The average Bonchev–Trinajstić information content (AvgIpc) is 2.80. The molecule has 0 saturated carbocycles. The number of rotatable bonds is 8. The van der Waals surface area contributed by atoms with Gasteiger partial charge in [0.25, 0.3) is 0 Å². The standard InChI is InChI=1S/C23H28N2O6S/c1-3-31-22(26)15-17-6-8-19(9-7-17)24-23(27)18-5-4-14-25(16-18)32(28,29)21-12-10-20(30-2)11-13-21/h6-13,18H,3-5,14-16H2,1-2H3,(H,24,27)/t18-/m1/s1. The van der Waals surface area contributed by atoms with E-state index in [1.54, 1.807) is 43.3 Å². The van der Waals surface area contributed by atoms with E-state index in [0.717, 1.165) is 5.56 Å². The summed E-state index contributed by atoms with van der Waals surface area (Å²) in [4.78, 5) is 24.5. The summed E-state index contributed by atoms with van der Waals surface area (Å²) in [5, 5.41) is 2.85. The molecule has 32 heavy (non-hydrogen) atoms. The van der Waals surface area contributed by atoms with E-state index in [-0.39, 0.29) is 29.7 Å². The number of carbonyl (C=O) groups is 2. The van der Waals surface area contributed by atoms with E-state index >= 15 is 0 Å². The quantitative estimate of drug-likeness (QED) is 0.608. The van der Waals surface area contributed by atoms with Gasteiger partial charge in [-0.2, -0.15) is 4.31 Å². The van der Waals surface area contributed by atoms with Gasteiger partial charge in [0.05, 0.1) is 31.0 Å². The molecule has 0 radical (unpaired) electrons. The number of sulfonamides is 1. The maximum atomic E-state index is 13.0. The van der Waals surface area contributed by atoms with Crippen LogP contribution in [-0.4, -0.2) is 51.4 Å². The zero-order valence-electron chi connectivity index (χ0n) is 18.2. The number of nitrogens with zero attached hydrogens (tertiary/aromatic N) is 1. The van der Waals surface area contributed by atoms with Gasteiger partial charge >= 0.3 is 5.97 Å². The fraction of sp³-hybridized carbons (Fsp3) is 0.391. The topological polar surface area (TPSA) is 102 Å². The van der Waals surface area contributed by atoms with Crippen LogP contribution in [0.5, 0.6) is 5.75 Å². The lowest BCUT2D eigenvalue weighted by Gasteiger charge is -2.31. The Kier molecular flexibility index (Phi) is 7.87. The fourth-order valence-corrected chi connectivity index (χ4v) is 5.12. The van der Waals surface area contributed by atoms with Crippen LogP contribution in [0.4, 0.5) is 5.69 Å². The van der Waals surface area contributed by atoms with E-state index in [4.69, 9.17) is 9.47 Å². The highest BCUT2D eigenvalue weighted by molar-refractivity contribution is 7.89. The average molecular weight is 461 g/mol. The summed E-state index contributed by atoms with van der Waals surface area (Å²) in [6.45, 7) is 2.59. The number of piperidine rings is 1. The number of anilines is 1. The van der Waals surface area contributed by atoms with Crippen LogP contribution in [0.1, 0.15) is 25.3 Å². The molecule has 1 atom stereocenters. The van der Waals surface area contributed by atoms with E-state index in [9.17, 15) is 18.0 Å². The first-order chi connectivity index (χ1) is 15.3. The fourth-order valence-electron chi connectivity index (χ4n) is 3.60. The predicted molar refractivity (Wildman–Crippen MR) is 120 cm³/mol. The van der Waals surface area contributed by atoms with Crippen molar-refractivity contribution in [1.29, 1.82) is 0 Å². The van der Waals surface area contributed by atoms with Crippen LogP contribution in [0.25, 0.3) is 0 Å². The highest BCUT2D eigenvalue weighted by atomic mass is 32.2. The first-order valence-corrected chi connectivity index (χ1v) is 12.0. The van der Waals surface area contributed by atoms with Crippen molar-refractivity contribution in [1.82, 2.24) is 4.31 Å². The molecule has 0 aromatic heterocycles. The molecular formula is C23H28N2O6S. The van der Waals surface area contributed by atoms with Gasteiger partial charge in [-0.25, -0.2) is 8.42 Å². The molecule has 0 aliphatic carbocycles. The normalized spacial score (nSPS) is 16.9. The lowest BCUT2D eigenvalue weighted by molar-refractivity contribution is -0.142. The van der Waals surface area contributed by atoms with Crippen molar-refractivity contribution in [2.24, 2.45) is 5.92 Å². The van der Waals surface area contributed by atoms with Gasteiger partial charge in [0, 0.05) is 18.8 Å². The van der Waals surface area contributed by atoms with Crippen LogP contribution in [0.15, 0.2) is 53.4 Å². The van der Waals surface area contributed by atoms with Gasteiger partial charge in [0.1, 0.15) is 5.75 Å². The molecule has 3 rings (SSSR count). The van der Waals surface area contributed by atoms with Crippen LogP contribution >= 0.6 is 0 Å². The highest BCUT2D eigenvalue weighted by Gasteiger charge is 2.33. The van der Waals surface area contributed by atoms with Gasteiger partial charge in [-0.15, -0.1) is 0 Å². The molecule has 1 aliphatic rings. The summed E-state index contributed by atoms with van der Waals surface area (Å²) in [6.07, 6.45) is 1.39. The van der Waals surface area contributed by atoms with Crippen LogP contribution in [0, 0.1) is 5.92 Å². The van der Waals surface area contributed by atoms with Crippen molar-refractivity contribution in [3.8, 4) is 5.75 Å². The lowest BCUT2D eigenvalue weighted by atomic mass is 9.98. The molecule has 1 saturated heterocycles. The van der Waals surface area contributed by atoms with Crippen molar-refractivity contribution in [2.45, 2.75) is 31.1 Å². The molecule has 9 heteroatoms. The Labute approximate surface area is 188 Å². The van der Waals surface area contributed by atoms with Crippen LogP contribution < -0.4 is 10.1 Å². The van der Waals surface area contributed by atoms with Crippen LogP contribution in [0.3, 0.4) is 0 Å². The van der Waals surface area contributed by atoms with Crippen molar-refractivity contribution in [2.75, 3.05) is 32.1 Å². The third-order valence-corrected chi connectivity index (χ3v) is 7.21. The molecule has 8 nitrogen and oxygen atoms in total. The van der Waals surface area contributed by atoms with Gasteiger partial charge in [0.15, 0.2) is 0 Å². The van der Waals surface area contributed by atoms with E-state index < -0.39 is 15.9 Å². The minimum Gasteiger partial charge on any atom is -0.497 e.